The maximum Gasteiger partial charge on any atom is 0.246 e. The predicted molar refractivity (Wildman–Crippen MR) is 114 cm³/mol. The van der Waals surface area contributed by atoms with Gasteiger partial charge in [-0.25, -0.2) is 8.42 Å². The molecule has 156 valence electrons. The summed E-state index contributed by atoms with van der Waals surface area (Å²) in [6, 6.07) is 11.8. The van der Waals surface area contributed by atoms with Crippen LogP contribution in [-0.2, 0) is 19.6 Å². The molecule has 0 aliphatic carbocycles. The highest BCUT2D eigenvalue weighted by Gasteiger charge is 2.26. The fourth-order valence-corrected chi connectivity index (χ4v) is 4.65. The van der Waals surface area contributed by atoms with E-state index in [0.29, 0.717) is 32.0 Å². The van der Waals surface area contributed by atoms with Crippen molar-refractivity contribution >= 4 is 27.3 Å². The molecule has 1 heterocycles. The number of hydrogen-bond donors (Lipinski definition) is 2. The van der Waals surface area contributed by atoms with Crippen LogP contribution >= 0.6 is 0 Å². The van der Waals surface area contributed by atoms with Gasteiger partial charge in [-0.05, 0) is 50.6 Å². The van der Waals surface area contributed by atoms with Gasteiger partial charge in [-0.3, -0.25) is 4.79 Å². The lowest BCUT2D eigenvalue weighted by Gasteiger charge is -2.26. The average Bonchev–Trinajstić information content (AvgIpc) is 2.71. The largest absolute Gasteiger partial charge is 0.379 e. The smallest absolute Gasteiger partial charge is 0.246 e. The molecule has 1 aliphatic rings. The second-order valence-electron chi connectivity index (χ2n) is 7.22. The minimum atomic E-state index is -3.61. The first-order valence-corrected chi connectivity index (χ1v) is 11.0. The molecule has 2 aromatic carbocycles. The Kier molecular flexibility index (Phi) is 6.56. The van der Waals surface area contributed by atoms with Crippen LogP contribution in [0.3, 0.4) is 0 Å². The number of morpholine rings is 1. The third-order valence-electron chi connectivity index (χ3n) is 4.86. The number of benzene rings is 2. The molecule has 29 heavy (non-hydrogen) atoms. The lowest BCUT2D eigenvalue weighted by atomic mass is 10.1. The Balaban J connectivity index is 1.69. The van der Waals surface area contributed by atoms with Gasteiger partial charge in [0.05, 0.1) is 18.1 Å². The highest BCUT2D eigenvalue weighted by atomic mass is 32.2. The Morgan fingerprint density at radius 1 is 1.10 bits per heavy atom. The van der Waals surface area contributed by atoms with E-state index in [1.807, 2.05) is 32.0 Å². The maximum absolute atomic E-state index is 12.8. The zero-order valence-corrected chi connectivity index (χ0v) is 17.8. The van der Waals surface area contributed by atoms with E-state index in [1.54, 1.807) is 19.1 Å². The van der Waals surface area contributed by atoms with Crippen molar-refractivity contribution in [3.05, 3.63) is 53.6 Å². The van der Waals surface area contributed by atoms with E-state index in [1.165, 1.54) is 16.4 Å². The highest BCUT2D eigenvalue weighted by molar-refractivity contribution is 7.89. The first kappa shape index (κ1) is 21.3. The Morgan fingerprint density at radius 2 is 1.83 bits per heavy atom. The van der Waals surface area contributed by atoms with Crippen LogP contribution in [0.1, 0.15) is 18.1 Å². The molecule has 3 rings (SSSR count). The zero-order chi connectivity index (χ0) is 21.0. The second kappa shape index (κ2) is 8.94. The van der Waals surface area contributed by atoms with Crippen molar-refractivity contribution in [1.82, 2.24) is 4.31 Å². The summed E-state index contributed by atoms with van der Waals surface area (Å²) in [5.41, 5.74) is 3.55. The van der Waals surface area contributed by atoms with Crippen molar-refractivity contribution in [3.63, 3.8) is 0 Å². The molecule has 1 aliphatic heterocycles. The molecule has 7 nitrogen and oxygen atoms in total. The third-order valence-corrected chi connectivity index (χ3v) is 6.75. The van der Waals surface area contributed by atoms with Gasteiger partial charge in [0, 0.05) is 24.5 Å². The first-order valence-electron chi connectivity index (χ1n) is 9.60. The van der Waals surface area contributed by atoms with Gasteiger partial charge in [0.1, 0.15) is 6.04 Å². The number of nitrogens with zero attached hydrogens (tertiary/aromatic N) is 1. The molecule has 1 amide bonds. The summed E-state index contributed by atoms with van der Waals surface area (Å²) in [6.07, 6.45) is 0. The normalized spacial score (nSPS) is 16.2. The maximum atomic E-state index is 12.8. The van der Waals surface area contributed by atoms with E-state index in [4.69, 9.17) is 4.74 Å². The molecule has 0 spiro atoms. The van der Waals surface area contributed by atoms with Crippen LogP contribution in [0.4, 0.5) is 11.4 Å². The van der Waals surface area contributed by atoms with Crippen molar-refractivity contribution in [1.29, 1.82) is 0 Å². The SMILES string of the molecule is Cc1ccc(N[C@H](C)C(=O)Nc2cccc(S(=O)(=O)N3CCOCC3)c2)c(C)c1. The number of rotatable bonds is 6. The number of hydrogen-bond acceptors (Lipinski definition) is 5. The minimum Gasteiger partial charge on any atom is -0.379 e. The van der Waals surface area contributed by atoms with E-state index >= 15 is 0 Å². The molecular formula is C21H27N3O4S. The van der Waals surface area contributed by atoms with Gasteiger partial charge in [0.15, 0.2) is 0 Å². The molecule has 0 aromatic heterocycles. The second-order valence-corrected chi connectivity index (χ2v) is 9.16. The minimum absolute atomic E-state index is 0.159. The van der Waals surface area contributed by atoms with Gasteiger partial charge in [-0.15, -0.1) is 0 Å². The van der Waals surface area contributed by atoms with Crippen LogP contribution in [0.5, 0.6) is 0 Å². The Morgan fingerprint density at radius 3 is 2.52 bits per heavy atom. The van der Waals surface area contributed by atoms with Crippen molar-refractivity contribution in [3.8, 4) is 0 Å². The highest BCUT2D eigenvalue weighted by Crippen LogP contribution is 2.21. The molecule has 0 saturated carbocycles. The van der Waals surface area contributed by atoms with E-state index in [2.05, 4.69) is 10.6 Å². The number of carbonyl (C=O) groups is 1. The standard InChI is InChI=1S/C21H27N3O4S/c1-15-7-8-20(16(2)13-15)22-17(3)21(25)23-18-5-4-6-19(14-18)29(26,27)24-9-11-28-12-10-24/h4-8,13-14,17,22H,9-12H2,1-3H3,(H,23,25)/t17-/m1/s1. The number of anilines is 2. The summed E-state index contributed by atoms with van der Waals surface area (Å²) in [6.45, 7) is 7.20. The van der Waals surface area contributed by atoms with Crippen molar-refractivity contribution < 1.29 is 17.9 Å². The average molecular weight is 418 g/mol. The lowest BCUT2D eigenvalue weighted by molar-refractivity contribution is -0.116. The van der Waals surface area contributed by atoms with Gasteiger partial charge in [0.25, 0.3) is 0 Å². The van der Waals surface area contributed by atoms with E-state index in [0.717, 1.165) is 16.8 Å². The van der Waals surface area contributed by atoms with Gasteiger partial charge >= 0.3 is 0 Å². The summed E-state index contributed by atoms with van der Waals surface area (Å²) >= 11 is 0. The molecule has 1 saturated heterocycles. The molecule has 8 heteroatoms. The first-order chi connectivity index (χ1) is 13.8. The lowest BCUT2D eigenvalue weighted by Crippen LogP contribution is -2.40. The number of sulfonamides is 1. The number of ether oxygens (including phenoxy) is 1. The topological polar surface area (TPSA) is 87.7 Å². The monoisotopic (exact) mass is 417 g/mol. The van der Waals surface area contributed by atoms with E-state index in [9.17, 15) is 13.2 Å². The Hall–Kier alpha value is -2.42. The van der Waals surface area contributed by atoms with Crippen LogP contribution < -0.4 is 10.6 Å². The van der Waals surface area contributed by atoms with Crippen LogP contribution in [0.15, 0.2) is 47.4 Å². The number of nitrogens with one attached hydrogen (secondary N) is 2. The molecule has 0 unspecified atom stereocenters. The molecule has 2 N–H and O–H groups in total. The predicted octanol–water partition coefficient (Wildman–Crippen LogP) is 2.76. The fourth-order valence-electron chi connectivity index (χ4n) is 3.20. The van der Waals surface area contributed by atoms with Gasteiger partial charge < -0.3 is 15.4 Å². The Labute approximate surface area is 172 Å². The van der Waals surface area contributed by atoms with Crippen LogP contribution in [0.2, 0.25) is 0 Å². The Bertz CT molecular complexity index is 985. The number of carbonyl (C=O) groups excluding carboxylic acids is 1. The summed E-state index contributed by atoms with van der Waals surface area (Å²) in [5, 5.41) is 6.00. The van der Waals surface area contributed by atoms with Crippen molar-refractivity contribution in [2.45, 2.75) is 31.7 Å². The van der Waals surface area contributed by atoms with E-state index in [-0.39, 0.29) is 10.8 Å². The molecule has 1 fully saturated rings. The molecular weight excluding hydrogens is 390 g/mol. The number of aryl methyl sites for hydroxylation is 2. The van der Waals surface area contributed by atoms with Gasteiger partial charge in [-0.1, -0.05) is 23.8 Å². The summed E-state index contributed by atoms with van der Waals surface area (Å²) in [5.74, 6) is -0.245. The molecule has 2 aromatic rings. The van der Waals surface area contributed by atoms with Gasteiger partial charge in [0.2, 0.25) is 15.9 Å². The van der Waals surface area contributed by atoms with Crippen LogP contribution in [0, 0.1) is 13.8 Å². The van der Waals surface area contributed by atoms with Crippen LogP contribution in [-0.4, -0.2) is 51.0 Å². The quantitative estimate of drug-likeness (QED) is 0.755. The van der Waals surface area contributed by atoms with Crippen molar-refractivity contribution in [2.75, 3.05) is 36.9 Å². The molecule has 0 radical (unpaired) electrons. The van der Waals surface area contributed by atoms with Gasteiger partial charge in [-0.2, -0.15) is 4.31 Å². The van der Waals surface area contributed by atoms with Crippen molar-refractivity contribution in [2.24, 2.45) is 0 Å². The summed E-state index contributed by atoms with van der Waals surface area (Å²) in [7, 11) is -3.61. The molecule has 1 atom stereocenters. The summed E-state index contributed by atoms with van der Waals surface area (Å²) < 4.78 is 32.3. The summed E-state index contributed by atoms with van der Waals surface area (Å²) in [4.78, 5) is 12.8. The number of amides is 1. The fraction of sp³-hybridized carbons (Fsp3) is 0.381. The molecule has 0 bridgehead atoms. The van der Waals surface area contributed by atoms with Crippen LogP contribution in [0.25, 0.3) is 0 Å². The zero-order valence-electron chi connectivity index (χ0n) is 16.9. The van der Waals surface area contributed by atoms with E-state index < -0.39 is 16.1 Å². The third kappa shape index (κ3) is 5.14.